The Bertz CT molecular complexity index is 452. The van der Waals surface area contributed by atoms with E-state index in [4.69, 9.17) is 15.7 Å². The number of hydrogen-bond donors (Lipinski definition) is 0. The van der Waals surface area contributed by atoms with Gasteiger partial charge in [0, 0.05) is 24.6 Å². The van der Waals surface area contributed by atoms with Gasteiger partial charge in [0.25, 0.3) is 6.10 Å². The number of amides is 1. The van der Waals surface area contributed by atoms with Crippen LogP contribution in [0.1, 0.15) is 20.8 Å². The van der Waals surface area contributed by atoms with E-state index in [2.05, 4.69) is 4.74 Å². The number of piperazine rings is 1. The zero-order valence-corrected chi connectivity index (χ0v) is 13.3. The minimum Gasteiger partial charge on any atom is -0.426 e. The number of hydrogen-bond acceptors (Lipinski definition) is 3. The smallest absolute Gasteiger partial charge is 0.426 e. The van der Waals surface area contributed by atoms with Crippen LogP contribution < -0.4 is 0 Å². The number of nitrogens with zero attached hydrogens (tertiary/aromatic N) is 2. The third-order valence-corrected chi connectivity index (χ3v) is 3.48. The zero-order chi connectivity index (χ0) is 19.1. The normalized spacial score (nSPS) is 24.3. The van der Waals surface area contributed by atoms with Crippen LogP contribution in [0, 0.1) is 0 Å². The van der Waals surface area contributed by atoms with Crippen molar-refractivity contribution in [3.05, 3.63) is 0 Å². The largest absolute Gasteiger partial charge is 0.434 e. The number of alkyl halides is 6. The van der Waals surface area contributed by atoms with Crippen molar-refractivity contribution in [3.63, 3.8) is 0 Å². The second-order valence-electron chi connectivity index (χ2n) is 6.46. The first kappa shape index (κ1) is 21.0. The van der Waals surface area contributed by atoms with Gasteiger partial charge in [-0.2, -0.15) is 26.3 Å². The number of rotatable bonds is 1. The first-order valence-electron chi connectivity index (χ1n) is 6.93. The molecule has 0 aliphatic carbocycles. The predicted molar refractivity (Wildman–Crippen MR) is 74.6 cm³/mol. The van der Waals surface area contributed by atoms with Gasteiger partial charge in [0.1, 0.15) is 7.85 Å². The molecule has 1 amide bonds. The van der Waals surface area contributed by atoms with E-state index in [-0.39, 0.29) is 13.1 Å². The zero-order valence-electron chi connectivity index (χ0n) is 13.3. The van der Waals surface area contributed by atoms with Gasteiger partial charge < -0.3 is 14.5 Å². The monoisotopic (exact) mass is 356 g/mol. The molecule has 134 valence electrons. The first-order chi connectivity index (χ1) is 10.5. The van der Waals surface area contributed by atoms with Gasteiger partial charge in [-0.25, -0.2) is 4.79 Å². The van der Waals surface area contributed by atoms with Crippen molar-refractivity contribution < 1.29 is 35.9 Å². The van der Waals surface area contributed by atoms with Gasteiger partial charge in [0.15, 0.2) is 0 Å². The fourth-order valence-electron chi connectivity index (χ4n) is 2.34. The molecule has 0 aromatic heterocycles. The highest BCUT2D eigenvalue weighted by Crippen LogP contribution is 2.36. The lowest BCUT2D eigenvalue weighted by Gasteiger charge is -2.50. The van der Waals surface area contributed by atoms with Gasteiger partial charge in [0.2, 0.25) is 0 Å². The third-order valence-electron chi connectivity index (χ3n) is 3.48. The highest BCUT2D eigenvalue weighted by atomic mass is 19.4. The SMILES string of the molecule is [B]C1CN(C(C)(C)C)C([B])CN1C(=O)OC(C(F)(F)F)C(F)(F)F. The summed E-state index contributed by atoms with van der Waals surface area (Å²) in [6.45, 7) is 5.02. The van der Waals surface area contributed by atoms with Crippen LogP contribution >= 0.6 is 0 Å². The molecule has 0 aromatic carbocycles. The van der Waals surface area contributed by atoms with Crippen LogP contribution in [0.4, 0.5) is 31.1 Å². The number of carbonyl (C=O) groups excluding carboxylic acids is 1. The summed E-state index contributed by atoms with van der Waals surface area (Å²) in [5.41, 5.74) is -0.451. The molecule has 4 radical (unpaired) electrons. The molecule has 1 heterocycles. The maximum Gasteiger partial charge on any atom is 0.434 e. The lowest BCUT2D eigenvalue weighted by Crippen LogP contribution is -2.65. The molecule has 0 saturated carbocycles. The summed E-state index contributed by atoms with van der Waals surface area (Å²) in [6, 6.07) is 0. The van der Waals surface area contributed by atoms with Crippen LogP contribution in [0.3, 0.4) is 0 Å². The first-order valence-corrected chi connectivity index (χ1v) is 6.93. The molecule has 1 aliphatic heterocycles. The Morgan fingerprint density at radius 1 is 1.00 bits per heavy atom. The third kappa shape index (κ3) is 4.97. The van der Waals surface area contributed by atoms with Crippen molar-refractivity contribution in [2.45, 2.75) is 56.6 Å². The van der Waals surface area contributed by atoms with Gasteiger partial charge in [-0.05, 0) is 26.7 Å². The Hall–Kier alpha value is -1.06. The molecule has 2 unspecified atom stereocenters. The van der Waals surface area contributed by atoms with Crippen LogP contribution in [-0.4, -0.2) is 80.6 Å². The molecule has 0 aromatic rings. The molecular formula is C12H16B2F6N2O2. The fraction of sp³-hybridized carbons (Fsp3) is 0.917. The van der Waals surface area contributed by atoms with Crippen LogP contribution in [0.15, 0.2) is 0 Å². The minimum atomic E-state index is -5.78. The average Bonchev–Trinajstić information content (AvgIpc) is 2.33. The van der Waals surface area contributed by atoms with E-state index in [0.29, 0.717) is 4.90 Å². The predicted octanol–water partition coefficient (Wildman–Crippen LogP) is 2.02. The number of halogens is 6. The maximum absolute atomic E-state index is 12.5. The summed E-state index contributed by atoms with van der Waals surface area (Å²) in [7, 11) is 11.5. The van der Waals surface area contributed by atoms with Crippen molar-refractivity contribution in [1.29, 1.82) is 0 Å². The molecule has 12 heteroatoms. The van der Waals surface area contributed by atoms with Gasteiger partial charge in [-0.3, -0.25) is 0 Å². The van der Waals surface area contributed by atoms with E-state index >= 15 is 0 Å². The topological polar surface area (TPSA) is 32.8 Å². The van der Waals surface area contributed by atoms with Crippen LogP contribution in [0.2, 0.25) is 0 Å². The van der Waals surface area contributed by atoms with Gasteiger partial charge in [-0.1, -0.05) is 0 Å². The van der Waals surface area contributed by atoms with Crippen molar-refractivity contribution in [3.8, 4) is 0 Å². The molecule has 1 fully saturated rings. The summed E-state index contributed by atoms with van der Waals surface area (Å²) in [5, 5.41) is 0. The van der Waals surface area contributed by atoms with E-state index in [1.54, 1.807) is 25.7 Å². The minimum absolute atomic E-state index is 0.0253. The van der Waals surface area contributed by atoms with Crippen molar-refractivity contribution in [2.75, 3.05) is 13.1 Å². The molecule has 1 aliphatic rings. The highest BCUT2D eigenvalue weighted by Gasteiger charge is 2.60. The summed E-state index contributed by atoms with van der Waals surface area (Å²) >= 11 is 0. The Morgan fingerprint density at radius 3 is 1.83 bits per heavy atom. The van der Waals surface area contributed by atoms with Gasteiger partial charge in [-0.15, -0.1) is 0 Å². The summed E-state index contributed by atoms with van der Waals surface area (Å²) in [5.74, 6) is -1.97. The summed E-state index contributed by atoms with van der Waals surface area (Å²) in [4.78, 5) is 14.0. The molecule has 2 atom stereocenters. The second kappa shape index (κ2) is 6.68. The Kier molecular flexibility index (Phi) is 5.84. The maximum atomic E-state index is 12.5. The summed E-state index contributed by atoms with van der Waals surface area (Å²) < 4.78 is 78.4. The van der Waals surface area contributed by atoms with E-state index in [1.165, 1.54) is 0 Å². The van der Waals surface area contributed by atoms with E-state index < -0.39 is 42.0 Å². The summed E-state index contributed by atoms with van der Waals surface area (Å²) in [6.07, 6.45) is -17.6. The molecule has 0 bridgehead atoms. The van der Waals surface area contributed by atoms with E-state index in [1.807, 2.05) is 0 Å². The average molecular weight is 356 g/mol. The molecule has 1 rings (SSSR count). The fourth-order valence-corrected chi connectivity index (χ4v) is 2.34. The second-order valence-corrected chi connectivity index (χ2v) is 6.46. The quantitative estimate of drug-likeness (QED) is 0.533. The number of ether oxygens (including phenoxy) is 1. The van der Waals surface area contributed by atoms with Gasteiger partial charge >= 0.3 is 18.4 Å². The van der Waals surface area contributed by atoms with E-state index in [9.17, 15) is 31.1 Å². The molecular weight excluding hydrogens is 340 g/mol. The van der Waals surface area contributed by atoms with Crippen molar-refractivity contribution >= 4 is 21.8 Å². The lowest BCUT2D eigenvalue weighted by atomic mass is 9.81. The Balaban J connectivity index is 2.89. The number of carbonyl (C=O) groups is 1. The molecule has 4 nitrogen and oxygen atoms in total. The van der Waals surface area contributed by atoms with Gasteiger partial charge in [0.05, 0.1) is 7.85 Å². The Labute approximate surface area is 138 Å². The van der Waals surface area contributed by atoms with Crippen molar-refractivity contribution in [1.82, 2.24) is 9.80 Å². The van der Waals surface area contributed by atoms with E-state index in [0.717, 1.165) is 0 Å². The molecule has 0 N–H and O–H groups in total. The molecule has 0 spiro atoms. The van der Waals surface area contributed by atoms with Crippen molar-refractivity contribution in [2.24, 2.45) is 0 Å². The lowest BCUT2D eigenvalue weighted by molar-refractivity contribution is -0.308. The molecule has 1 saturated heterocycles. The Morgan fingerprint density at radius 2 is 1.46 bits per heavy atom. The highest BCUT2D eigenvalue weighted by molar-refractivity contribution is 6.15. The standard InChI is InChI=1S/C12H16B2F6N2O2/c1-10(2,3)22-5-6(13)21(4-7(22)14)9(23)24-8(11(15,16)17)12(18,19)20/h6-8H,4-5H2,1-3H3. The van der Waals surface area contributed by atoms with Crippen LogP contribution in [-0.2, 0) is 4.74 Å². The van der Waals surface area contributed by atoms with Crippen LogP contribution in [0.25, 0.3) is 0 Å². The molecule has 24 heavy (non-hydrogen) atoms. The van der Waals surface area contributed by atoms with Crippen LogP contribution in [0.5, 0.6) is 0 Å².